The summed E-state index contributed by atoms with van der Waals surface area (Å²) in [5, 5.41) is 4.34. The van der Waals surface area contributed by atoms with Crippen LogP contribution in [-0.2, 0) is 11.3 Å². The van der Waals surface area contributed by atoms with Crippen LogP contribution in [0.5, 0.6) is 0 Å². The Hall–Kier alpha value is -0.770. The number of rotatable bonds is 6. The van der Waals surface area contributed by atoms with Gasteiger partial charge in [-0.25, -0.2) is 0 Å². The predicted molar refractivity (Wildman–Crippen MR) is 90.2 cm³/mol. The van der Waals surface area contributed by atoms with Crippen molar-refractivity contribution < 1.29 is 4.74 Å². The van der Waals surface area contributed by atoms with Crippen molar-refractivity contribution in [2.24, 2.45) is 5.92 Å². The summed E-state index contributed by atoms with van der Waals surface area (Å²) in [6.45, 7) is 8.20. The fourth-order valence-corrected chi connectivity index (χ4v) is 3.14. The predicted octanol–water partition coefficient (Wildman–Crippen LogP) is 3.70. The number of nitrogens with zero attached hydrogens (tertiary/aromatic N) is 1. The van der Waals surface area contributed by atoms with E-state index in [-0.39, 0.29) is 0 Å². The van der Waals surface area contributed by atoms with E-state index in [4.69, 9.17) is 16.3 Å². The van der Waals surface area contributed by atoms with Crippen molar-refractivity contribution >= 4 is 17.3 Å². The van der Waals surface area contributed by atoms with Crippen LogP contribution in [0.4, 0.5) is 5.69 Å². The van der Waals surface area contributed by atoms with E-state index in [9.17, 15) is 0 Å². The van der Waals surface area contributed by atoms with Crippen LogP contribution in [0, 0.1) is 5.92 Å². The highest BCUT2D eigenvalue weighted by Crippen LogP contribution is 2.31. The van der Waals surface area contributed by atoms with Gasteiger partial charge in [0.2, 0.25) is 0 Å². The van der Waals surface area contributed by atoms with Gasteiger partial charge in [0.1, 0.15) is 0 Å². The third-order valence-electron chi connectivity index (χ3n) is 4.14. The number of hydrogen-bond acceptors (Lipinski definition) is 3. The van der Waals surface area contributed by atoms with Crippen molar-refractivity contribution in [3.63, 3.8) is 0 Å². The molecule has 3 nitrogen and oxygen atoms in total. The Kier molecular flexibility index (Phi) is 6.34. The number of ether oxygens (including phenoxy) is 1. The van der Waals surface area contributed by atoms with E-state index in [1.165, 1.54) is 24.1 Å². The molecular weight excluding hydrogens is 284 g/mol. The number of hydrogen-bond donors (Lipinski definition) is 1. The quantitative estimate of drug-likeness (QED) is 0.867. The first-order valence-electron chi connectivity index (χ1n) is 7.86. The first-order chi connectivity index (χ1) is 10.1. The molecular formula is C17H27ClN2O. The molecule has 1 aliphatic rings. The van der Waals surface area contributed by atoms with Crippen LogP contribution in [0.3, 0.4) is 0 Å². The Balaban J connectivity index is 2.07. The van der Waals surface area contributed by atoms with Gasteiger partial charge in [-0.15, -0.1) is 0 Å². The molecule has 1 fully saturated rings. The van der Waals surface area contributed by atoms with Crippen LogP contribution in [0.2, 0.25) is 5.02 Å². The van der Waals surface area contributed by atoms with Crippen molar-refractivity contribution in [3.05, 3.63) is 28.8 Å². The van der Waals surface area contributed by atoms with Gasteiger partial charge in [0, 0.05) is 55.7 Å². The lowest BCUT2D eigenvalue weighted by atomic mass is 9.96. The first kappa shape index (κ1) is 16.6. The molecule has 0 aromatic heterocycles. The molecule has 0 radical (unpaired) electrons. The van der Waals surface area contributed by atoms with Gasteiger partial charge in [0.25, 0.3) is 0 Å². The molecule has 118 valence electrons. The average molecular weight is 311 g/mol. The molecule has 2 rings (SSSR count). The lowest BCUT2D eigenvalue weighted by Gasteiger charge is -2.35. The van der Waals surface area contributed by atoms with Crippen molar-refractivity contribution in [1.29, 1.82) is 0 Å². The summed E-state index contributed by atoms with van der Waals surface area (Å²) in [6, 6.07) is 6.69. The zero-order chi connectivity index (χ0) is 15.2. The molecule has 1 aromatic carbocycles. The largest absolute Gasteiger partial charge is 0.384 e. The lowest BCUT2D eigenvalue weighted by Crippen LogP contribution is -2.36. The summed E-state index contributed by atoms with van der Waals surface area (Å²) in [5.74, 6) is 0.697. The zero-order valence-electron chi connectivity index (χ0n) is 13.4. The molecule has 0 aliphatic carbocycles. The maximum Gasteiger partial charge on any atom is 0.0491 e. The second-order valence-corrected chi connectivity index (χ2v) is 6.57. The molecule has 0 amide bonds. The topological polar surface area (TPSA) is 24.5 Å². The van der Waals surface area contributed by atoms with Crippen molar-refractivity contribution in [1.82, 2.24) is 5.32 Å². The molecule has 0 atom stereocenters. The SMILES string of the molecule is COCC1CCN(c2cccc(Cl)c2CNC(C)C)CC1. The van der Waals surface area contributed by atoms with Gasteiger partial charge in [-0.2, -0.15) is 0 Å². The Morgan fingerprint density at radius 2 is 2.05 bits per heavy atom. The second-order valence-electron chi connectivity index (χ2n) is 6.16. The highest BCUT2D eigenvalue weighted by atomic mass is 35.5. The fraction of sp³-hybridized carbons (Fsp3) is 0.647. The van der Waals surface area contributed by atoms with Crippen LogP contribution >= 0.6 is 11.6 Å². The van der Waals surface area contributed by atoms with Gasteiger partial charge in [-0.1, -0.05) is 31.5 Å². The smallest absolute Gasteiger partial charge is 0.0491 e. The summed E-state index contributed by atoms with van der Waals surface area (Å²) in [7, 11) is 1.79. The van der Waals surface area contributed by atoms with Crippen LogP contribution < -0.4 is 10.2 Å². The number of benzene rings is 1. The average Bonchev–Trinajstić information content (AvgIpc) is 2.47. The minimum absolute atomic E-state index is 0.460. The molecule has 21 heavy (non-hydrogen) atoms. The van der Waals surface area contributed by atoms with Crippen molar-refractivity contribution in [2.45, 2.75) is 39.3 Å². The van der Waals surface area contributed by atoms with Crippen molar-refractivity contribution in [2.75, 3.05) is 31.7 Å². The molecule has 1 N–H and O–H groups in total. The summed E-state index contributed by atoms with van der Waals surface area (Å²) in [5.41, 5.74) is 2.50. The van der Waals surface area contributed by atoms with Gasteiger partial charge < -0.3 is 15.0 Å². The summed E-state index contributed by atoms with van der Waals surface area (Å²) >= 11 is 6.42. The molecule has 1 saturated heterocycles. The number of piperidine rings is 1. The third-order valence-corrected chi connectivity index (χ3v) is 4.49. The van der Waals surface area contributed by atoms with Crippen LogP contribution in [-0.4, -0.2) is 32.8 Å². The van der Waals surface area contributed by atoms with E-state index in [1.54, 1.807) is 7.11 Å². The van der Waals surface area contributed by atoms with E-state index in [0.29, 0.717) is 12.0 Å². The summed E-state index contributed by atoms with van der Waals surface area (Å²) in [4.78, 5) is 2.47. The normalized spacial score (nSPS) is 16.7. The summed E-state index contributed by atoms with van der Waals surface area (Å²) in [6.07, 6.45) is 2.38. The maximum atomic E-state index is 6.42. The minimum Gasteiger partial charge on any atom is -0.384 e. The fourth-order valence-electron chi connectivity index (χ4n) is 2.90. The van der Waals surface area contributed by atoms with E-state index in [1.807, 2.05) is 6.07 Å². The number of halogens is 1. The van der Waals surface area contributed by atoms with Gasteiger partial charge in [-0.3, -0.25) is 0 Å². The lowest BCUT2D eigenvalue weighted by molar-refractivity contribution is 0.139. The number of anilines is 1. The van der Waals surface area contributed by atoms with E-state index < -0.39 is 0 Å². The Bertz CT molecular complexity index is 442. The van der Waals surface area contributed by atoms with Gasteiger partial charge in [0.15, 0.2) is 0 Å². The first-order valence-corrected chi connectivity index (χ1v) is 8.24. The van der Waals surface area contributed by atoms with E-state index >= 15 is 0 Å². The molecule has 0 unspecified atom stereocenters. The molecule has 1 aromatic rings. The van der Waals surface area contributed by atoms with Crippen LogP contribution in [0.25, 0.3) is 0 Å². The monoisotopic (exact) mass is 310 g/mol. The molecule has 1 heterocycles. The van der Waals surface area contributed by atoms with E-state index in [2.05, 4.69) is 36.2 Å². The summed E-state index contributed by atoms with van der Waals surface area (Å²) < 4.78 is 5.28. The Morgan fingerprint density at radius 3 is 2.67 bits per heavy atom. The molecule has 0 spiro atoms. The van der Waals surface area contributed by atoms with Gasteiger partial charge in [-0.05, 0) is 30.9 Å². The zero-order valence-corrected chi connectivity index (χ0v) is 14.1. The third kappa shape index (κ3) is 4.60. The van der Waals surface area contributed by atoms with Gasteiger partial charge >= 0.3 is 0 Å². The maximum absolute atomic E-state index is 6.42. The number of methoxy groups -OCH3 is 1. The van der Waals surface area contributed by atoms with Crippen molar-refractivity contribution in [3.8, 4) is 0 Å². The second kappa shape index (κ2) is 8.02. The van der Waals surface area contributed by atoms with E-state index in [0.717, 1.165) is 31.3 Å². The molecule has 0 bridgehead atoms. The standard InChI is InChI=1S/C17H27ClN2O/c1-13(2)19-11-15-16(18)5-4-6-17(15)20-9-7-14(8-10-20)12-21-3/h4-6,13-14,19H,7-12H2,1-3H3. The Labute approximate surface area is 133 Å². The Morgan fingerprint density at radius 1 is 1.33 bits per heavy atom. The molecule has 1 aliphatic heterocycles. The molecule has 4 heteroatoms. The van der Waals surface area contributed by atoms with Crippen LogP contribution in [0.1, 0.15) is 32.3 Å². The van der Waals surface area contributed by atoms with Crippen LogP contribution in [0.15, 0.2) is 18.2 Å². The minimum atomic E-state index is 0.460. The highest BCUT2D eigenvalue weighted by Gasteiger charge is 2.21. The van der Waals surface area contributed by atoms with Gasteiger partial charge in [0.05, 0.1) is 0 Å². The highest BCUT2D eigenvalue weighted by molar-refractivity contribution is 6.31. The number of nitrogens with one attached hydrogen (secondary N) is 1. The molecule has 0 saturated carbocycles.